The molecule has 0 radical (unpaired) electrons. The molecule has 0 N–H and O–H groups in total. The third-order valence-corrected chi connectivity index (χ3v) is 16.4. The van der Waals surface area contributed by atoms with Crippen molar-refractivity contribution < 1.29 is 0 Å². The van der Waals surface area contributed by atoms with E-state index in [1.54, 1.807) is 11.3 Å². The van der Waals surface area contributed by atoms with Gasteiger partial charge in [-0.15, -0.1) is 11.3 Å². The van der Waals surface area contributed by atoms with Crippen molar-refractivity contribution in [2.45, 2.75) is 20.8 Å². The van der Waals surface area contributed by atoms with Crippen LogP contribution in [0.25, 0.3) is 130 Å². The first-order chi connectivity index (χ1) is 35.4. The molecule has 10 aromatic carbocycles. The topological polar surface area (TPSA) is 67.3 Å². The van der Waals surface area contributed by atoms with Crippen LogP contribution in [0.15, 0.2) is 188 Å². The van der Waals surface area contributed by atoms with Crippen LogP contribution in [0.5, 0.6) is 0 Å². The van der Waals surface area contributed by atoms with Gasteiger partial charge in [-0.2, -0.15) is 10.5 Å². The van der Waals surface area contributed by atoms with Crippen LogP contribution in [0.4, 0.5) is 0 Å². The van der Waals surface area contributed by atoms with Gasteiger partial charge in [0.2, 0.25) is 0 Å². The van der Waals surface area contributed by atoms with Gasteiger partial charge in [-0.1, -0.05) is 138 Å². The zero-order valence-electron chi connectivity index (χ0n) is 39.5. The van der Waals surface area contributed by atoms with Gasteiger partial charge in [-0.25, -0.2) is 0 Å². The van der Waals surface area contributed by atoms with Crippen molar-refractivity contribution in [2.24, 2.45) is 0 Å². The average molecular weight is 937 g/mol. The summed E-state index contributed by atoms with van der Waals surface area (Å²) in [6.07, 6.45) is 0. The molecule has 15 aromatic rings. The minimum Gasteiger partial charge on any atom is -0.306 e. The van der Waals surface area contributed by atoms with Crippen LogP contribution >= 0.6 is 11.3 Å². The van der Waals surface area contributed by atoms with Crippen molar-refractivity contribution in [3.05, 3.63) is 216 Å². The highest BCUT2D eigenvalue weighted by Crippen LogP contribution is 2.50. The number of aromatic nitrogens is 4. The number of hydrogen-bond acceptors (Lipinski definition) is 3. The molecule has 0 bridgehead atoms. The van der Waals surface area contributed by atoms with Gasteiger partial charge in [-0.05, 0) is 87.5 Å². The molecule has 0 saturated carbocycles. The van der Waals surface area contributed by atoms with E-state index in [0.29, 0.717) is 33.9 Å². The summed E-state index contributed by atoms with van der Waals surface area (Å²) in [5.74, 6) is 0. The Morgan fingerprint density at radius 3 is 1.08 bits per heavy atom. The van der Waals surface area contributed by atoms with E-state index in [2.05, 4.69) is 239 Å². The molecule has 0 atom stereocenters. The average Bonchev–Trinajstić information content (AvgIpc) is 4.21. The van der Waals surface area contributed by atoms with E-state index < -0.39 is 0 Å². The van der Waals surface area contributed by atoms with Gasteiger partial charge in [-0.3, -0.25) is 0 Å². The zero-order valence-corrected chi connectivity index (χ0v) is 40.3. The number of para-hydroxylation sites is 4. The van der Waals surface area contributed by atoms with Crippen LogP contribution in [0.1, 0.15) is 27.8 Å². The molecule has 72 heavy (non-hydrogen) atoms. The molecule has 0 fully saturated rings. The van der Waals surface area contributed by atoms with E-state index >= 15 is 0 Å². The fourth-order valence-corrected chi connectivity index (χ4v) is 13.5. The second-order valence-electron chi connectivity index (χ2n) is 19.3. The van der Waals surface area contributed by atoms with Crippen molar-refractivity contribution in [2.75, 3.05) is 0 Å². The van der Waals surface area contributed by atoms with Crippen LogP contribution in [0.2, 0.25) is 0 Å². The van der Waals surface area contributed by atoms with Crippen LogP contribution in [-0.4, -0.2) is 18.3 Å². The molecular weight excluding hydrogens is 897 g/mol. The highest BCUT2D eigenvalue weighted by molar-refractivity contribution is 7.26. The Balaban J connectivity index is 1.29. The maximum absolute atomic E-state index is 12.7. The number of rotatable bonds is 4. The Bertz CT molecular complexity index is 4990. The largest absolute Gasteiger partial charge is 0.306 e. The third-order valence-electron chi connectivity index (χ3n) is 15.2. The van der Waals surface area contributed by atoms with Gasteiger partial charge in [0.05, 0.1) is 71.6 Å². The molecule has 0 amide bonds. The molecule has 0 aliphatic rings. The summed E-state index contributed by atoms with van der Waals surface area (Å²) in [5.41, 5.74) is 14.4. The highest BCUT2D eigenvalue weighted by atomic mass is 32.1. The Hall–Kier alpha value is -9.40. The van der Waals surface area contributed by atoms with E-state index in [-0.39, 0.29) is 0 Å². The first kappa shape index (κ1) is 40.5. The standard InChI is InChI=1S/C65H40N6S/c1-37-24-29-56-47(32-37)41-15-5-9-19-52(41)68(56)60-50(35-66)62(70-54-21-11-7-17-43(54)49-34-39(3)26-31-58(49)70)63(51(36-67)61(60)69-53-20-10-6-16-42(53)48-33-38(2)25-30-57(48)69)71-55-22-12-4-14-40(55)45-27-28-46-44-18-8-13-23-59(44)72-65(46)64(45)71/h4-34H,1-3H3. The second-order valence-corrected chi connectivity index (χ2v) is 20.3. The molecule has 336 valence electrons. The molecule has 5 heterocycles. The molecule has 6 nitrogen and oxygen atoms in total. The predicted octanol–water partition coefficient (Wildman–Crippen LogP) is 17.1. The van der Waals surface area contributed by atoms with Crippen LogP contribution in [0.3, 0.4) is 0 Å². The maximum atomic E-state index is 12.7. The summed E-state index contributed by atoms with van der Waals surface area (Å²) < 4.78 is 11.5. The van der Waals surface area contributed by atoms with Crippen LogP contribution < -0.4 is 0 Å². The molecular formula is C65H40N6S. The lowest BCUT2D eigenvalue weighted by Gasteiger charge is -2.27. The lowest BCUT2D eigenvalue weighted by molar-refractivity contribution is 1.02. The fraction of sp³-hybridized carbons (Fsp3) is 0.0462. The van der Waals surface area contributed by atoms with E-state index in [1.165, 1.54) is 10.1 Å². The lowest BCUT2D eigenvalue weighted by Crippen LogP contribution is -2.16. The van der Waals surface area contributed by atoms with E-state index in [1.807, 2.05) is 0 Å². The highest BCUT2D eigenvalue weighted by Gasteiger charge is 2.35. The van der Waals surface area contributed by atoms with Gasteiger partial charge >= 0.3 is 0 Å². The molecule has 0 unspecified atom stereocenters. The number of benzene rings is 10. The minimum absolute atomic E-state index is 0.443. The molecule has 0 spiro atoms. The number of nitriles is 2. The second kappa shape index (κ2) is 14.8. The first-order valence-corrected chi connectivity index (χ1v) is 25.1. The van der Waals surface area contributed by atoms with Gasteiger partial charge in [0, 0.05) is 58.6 Å². The smallest absolute Gasteiger partial charge is 0.104 e. The molecule has 15 rings (SSSR count). The van der Waals surface area contributed by atoms with Gasteiger partial charge < -0.3 is 18.3 Å². The maximum Gasteiger partial charge on any atom is 0.104 e. The first-order valence-electron chi connectivity index (χ1n) is 24.3. The van der Waals surface area contributed by atoms with Crippen molar-refractivity contribution in [3.63, 3.8) is 0 Å². The Morgan fingerprint density at radius 2 is 0.653 bits per heavy atom. The van der Waals surface area contributed by atoms with Crippen molar-refractivity contribution in [1.82, 2.24) is 18.3 Å². The number of hydrogen-bond donors (Lipinski definition) is 0. The molecule has 7 heteroatoms. The van der Waals surface area contributed by atoms with Crippen LogP contribution in [0, 0.1) is 43.4 Å². The number of aryl methyl sites for hydroxylation is 3. The quantitative estimate of drug-likeness (QED) is 0.176. The summed E-state index contributed by atoms with van der Waals surface area (Å²) in [5, 5.41) is 36.3. The number of fused-ring (bicyclic) bond motifs is 16. The molecule has 5 aromatic heterocycles. The molecule has 0 aliphatic heterocycles. The Labute approximate surface area is 416 Å². The predicted molar refractivity (Wildman–Crippen MR) is 300 cm³/mol. The zero-order chi connectivity index (χ0) is 48.1. The van der Waals surface area contributed by atoms with Crippen molar-refractivity contribution in [1.29, 1.82) is 10.5 Å². The van der Waals surface area contributed by atoms with Crippen molar-refractivity contribution in [3.8, 4) is 34.9 Å². The SMILES string of the molecule is Cc1ccc2c(c1)c1ccccc1n2-c1c(C#N)c(-n2c3ccccc3c3cc(C)ccc32)c(-n2c3ccccc3c3ccc4c5ccccc5sc4c32)c(C#N)c1-n1c2ccccc2c2cc(C)ccc21. The Morgan fingerprint density at radius 1 is 0.319 bits per heavy atom. The van der Waals surface area contributed by atoms with E-state index in [9.17, 15) is 10.5 Å². The minimum atomic E-state index is 0.443. The summed E-state index contributed by atoms with van der Waals surface area (Å²) in [4.78, 5) is 0. The van der Waals surface area contributed by atoms with Gasteiger partial charge in [0.15, 0.2) is 0 Å². The normalized spacial score (nSPS) is 12.1. The van der Waals surface area contributed by atoms with Crippen LogP contribution in [-0.2, 0) is 0 Å². The fourth-order valence-electron chi connectivity index (χ4n) is 12.2. The number of nitrogens with zero attached hydrogens (tertiary/aromatic N) is 6. The lowest BCUT2D eigenvalue weighted by atomic mass is 9.98. The monoisotopic (exact) mass is 936 g/mol. The summed E-state index contributed by atoms with van der Waals surface area (Å²) in [6, 6.07) is 72.8. The molecule has 0 aliphatic carbocycles. The summed E-state index contributed by atoms with van der Waals surface area (Å²) in [6.45, 7) is 6.38. The van der Waals surface area contributed by atoms with Gasteiger partial charge in [0.25, 0.3) is 0 Å². The summed E-state index contributed by atoms with van der Waals surface area (Å²) >= 11 is 1.78. The molecule has 0 saturated heterocycles. The summed E-state index contributed by atoms with van der Waals surface area (Å²) in [7, 11) is 0. The van der Waals surface area contributed by atoms with Gasteiger partial charge in [0.1, 0.15) is 23.3 Å². The Kier molecular flexibility index (Phi) is 8.33. The van der Waals surface area contributed by atoms with Crippen molar-refractivity contribution >= 4 is 119 Å². The van der Waals surface area contributed by atoms with E-state index in [4.69, 9.17) is 0 Å². The third kappa shape index (κ3) is 5.30. The van der Waals surface area contributed by atoms with E-state index in [0.717, 1.165) is 114 Å². The number of thiophene rings is 1.